The van der Waals surface area contributed by atoms with Crippen LogP contribution in [0.5, 0.6) is 0 Å². The minimum atomic E-state index is -0.237. The molecule has 0 aliphatic heterocycles. The number of rotatable bonds is 2. The lowest BCUT2D eigenvalue weighted by molar-refractivity contribution is 0.315. The van der Waals surface area contributed by atoms with Crippen molar-refractivity contribution in [3.63, 3.8) is 0 Å². The summed E-state index contributed by atoms with van der Waals surface area (Å²) >= 11 is 3.53. The van der Waals surface area contributed by atoms with Crippen LogP contribution in [0.3, 0.4) is 0 Å². The topological polar surface area (TPSA) is 58.6 Å². The molecule has 3 N–H and O–H groups in total. The van der Waals surface area contributed by atoms with Crippen molar-refractivity contribution in [2.75, 3.05) is 0 Å². The Morgan fingerprint density at radius 1 is 1.53 bits per heavy atom. The van der Waals surface area contributed by atoms with Crippen LogP contribution in [0.4, 0.5) is 0 Å². The first-order chi connectivity index (χ1) is 7.12. The van der Waals surface area contributed by atoms with Gasteiger partial charge in [0.15, 0.2) is 0 Å². The highest BCUT2D eigenvalue weighted by molar-refractivity contribution is 9.10. The van der Waals surface area contributed by atoms with Gasteiger partial charge in [0.1, 0.15) is 5.84 Å². The predicted octanol–water partition coefficient (Wildman–Crippen LogP) is 2.54. The Balaban J connectivity index is 2.55. The molecule has 0 saturated heterocycles. The molecule has 0 spiro atoms. The molecule has 0 heterocycles. The lowest BCUT2D eigenvalue weighted by Crippen LogP contribution is -2.29. The Morgan fingerprint density at radius 3 is 2.67 bits per heavy atom. The molecule has 2 rings (SSSR count). The number of aryl methyl sites for hydroxylation is 1. The molecule has 1 aromatic rings. The fraction of sp³-hybridized carbons (Fsp3) is 0.364. The Bertz CT molecular complexity index is 404. The smallest absolute Gasteiger partial charge is 0.149 e. The van der Waals surface area contributed by atoms with Crippen LogP contribution >= 0.6 is 15.9 Å². The molecule has 1 aliphatic carbocycles. The van der Waals surface area contributed by atoms with Gasteiger partial charge in [-0.25, -0.2) is 0 Å². The molecular formula is C11H13BrN2O. The van der Waals surface area contributed by atoms with E-state index in [1.165, 1.54) is 5.56 Å². The summed E-state index contributed by atoms with van der Waals surface area (Å²) < 4.78 is 1.03. The molecule has 0 atom stereocenters. The first-order valence-electron chi connectivity index (χ1n) is 4.85. The Hall–Kier alpha value is -1.03. The van der Waals surface area contributed by atoms with Crippen molar-refractivity contribution in [3.8, 4) is 0 Å². The standard InChI is InChI=1S/C11H13BrN2O/c1-7-3-2-4-8(12)9(7)11(5-6-11)10(13)14-15/h2-4,15H,5-6H2,1H3,(H2,13,14). The highest BCUT2D eigenvalue weighted by Gasteiger charge is 2.50. The summed E-state index contributed by atoms with van der Waals surface area (Å²) in [7, 11) is 0. The summed E-state index contributed by atoms with van der Waals surface area (Å²) in [5.74, 6) is 0.317. The van der Waals surface area contributed by atoms with Gasteiger partial charge in [-0.05, 0) is 37.0 Å². The fourth-order valence-electron chi connectivity index (χ4n) is 2.09. The number of nitrogens with two attached hydrogens (primary N) is 1. The maximum Gasteiger partial charge on any atom is 0.149 e. The highest BCUT2D eigenvalue weighted by Crippen LogP contribution is 2.51. The maximum atomic E-state index is 8.80. The molecule has 3 nitrogen and oxygen atoms in total. The second-order valence-electron chi connectivity index (χ2n) is 4.00. The molecule has 1 aliphatic rings. The Labute approximate surface area is 97.1 Å². The average Bonchev–Trinajstić information content (AvgIpc) is 2.98. The molecule has 80 valence electrons. The summed E-state index contributed by atoms with van der Waals surface area (Å²) in [5, 5.41) is 12.0. The van der Waals surface area contributed by atoms with Crippen LogP contribution < -0.4 is 5.73 Å². The van der Waals surface area contributed by atoms with Gasteiger partial charge in [-0.1, -0.05) is 33.2 Å². The van der Waals surface area contributed by atoms with Crippen LogP contribution in [0.25, 0.3) is 0 Å². The first kappa shape index (κ1) is 10.5. The van der Waals surface area contributed by atoms with Crippen LogP contribution in [0.1, 0.15) is 24.0 Å². The van der Waals surface area contributed by atoms with E-state index in [1.54, 1.807) is 0 Å². The number of benzene rings is 1. The van der Waals surface area contributed by atoms with Crippen molar-refractivity contribution in [1.29, 1.82) is 0 Å². The van der Waals surface area contributed by atoms with Crippen molar-refractivity contribution in [2.24, 2.45) is 10.9 Å². The lowest BCUT2D eigenvalue weighted by atomic mass is 9.91. The summed E-state index contributed by atoms with van der Waals surface area (Å²) in [6.45, 7) is 2.05. The van der Waals surface area contributed by atoms with Gasteiger partial charge in [-0.3, -0.25) is 0 Å². The minimum absolute atomic E-state index is 0.237. The zero-order chi connectivity index (χ0) is 11.1. The largest absolute Gasteiger partial charge is 0.409 e. The molecule has 1 fully saturated rings. The van der Waals surface area contributed by atoms with Gasteiger partial charge in [0.25, 0.3) is 0 Å². The Kier molecular flexibility index (Phi) is 2.46. The zero-order valence-corrected chi connectivity index (χ0v) is 10.1. The van der Waals surface area contributed by atoms with E-state index in [-0.39, 0.29) is 5.41 Å². The van der Waals surface area contributed by atoms with Gasteiger partial charge in [0.2, 0.25) is 0 Å². The van der Waals surface area contributed by atoms with Crippen molar-refractivity contribution in [3.05, 3.63) is 33.8 Å². The summed E-state index contributed by atoms with van der Waals surface area (Å²) in [6, 6.07) is 6.03. The minimum Gasteiger partial charge on any atom is -0.409 e. The fourth-order valence-corrected chi connectivity index (χ4v) is 2.94. The van der Waals surface area contributed by atoms with Crippen LogP contribution in [0, 0.1) is 6.92 Å². The molecule has 4 heteroatoms. The number of oxime groups is 1. The van der Waals surface area contributed by atoms with E-state index in [0.29, 0.717) is 5.84 Å². The number of hydrogen-bond acceptors (Lipinski definition) is 2. The van der Waals surface area contributed by atoms with Gasteiger partial charge in [0.05, 0.1) is 5.41 Å². The van der Waals surface area contributed by atoms with Crippen molar-refractivity contribution >= 4 is 21.8 Å². The van der Waals surface area contributed by atoms with Gasteiger partial charge in [-0.2, -0.15) is 0 Å². The number of amidine groups is 1. The molecule has 15 heavy (non-hydrogen) atoms. The van der Waals surface area contributed by atoms with E-state index in [0.717, 1.165) is 22.9 Å². The zero-order valence-electron chi connectivity index (χ0n) is 8.50. The third kappa shape index (κ3) is 1.53. The van der Waals surface area contributed by atoms with Crippen molar-refractivity contribution in [2.45, 2.75) is 25.2 Å². The lowest BCUT2D eigenvalue weighted by Gasteiger charge is -2.18. The van der Waals surface area contributed by atoms with Crippen LogP contribution in [-0.4, -0.2) is 11.0 Å². The monoisotopic (exact) mass is 268 g/mol. The van der Waals surface area contributed by atoms with Gasteiger partial charge >= 0.3 is 0 Å². The normalized spacial score (nSPS) is 18.9. The molecule has 0 aromatic heterocycles. The average molecular weight is 269 g/mol. The van der Waals surface area contributed by atoms with Gasteiger partial charge < -0.3 is 10.9 Å². The molecular weight excluding hydrogens is 256 g/mol. The second kappa shape index (κ2) is 3.52. The van der Waals surface area contributed by atoms with E-state index in [1.807, 2.05) is 25.1 Å². The van der Waals surface area contributed by atoms with E-state index < -0.39 is 0 Å². The highest BCUT2D eigenvalue weighted by atomic mass is 79.9. The SMILES string of the molecule is Cc1cccc(Br)c1C1(/C(N)=N/O)CC1. The summed E-state index contributed by atoms with van der Waals surface area (Å²) in [4.78, 5) is 0. The quantitative estimate of drug-likeness (QED) is 0.375. The molecule has 0 radical (unpaired) electrons. The van der Waals surface area contributed by atoms with E-state index in [2.05, 4.69) is 21.1 Å². The van der Waals surface area contributed by atoms with E-state index in [9.17, 15) is 0 Å². The van der Waals surface area contributed by atoms with Gasteiger partial charge in [0, 0.05) is 4.47 Å². The van der Waals surface area contributed by atoms with Crippen LogP contribution in [-0.2, 0) is 5.41 Å². The maximum absolute atomic E-state index is 8.80. The third-order valence-corrected chi connectivity index (χ3v) is 3.71. The molecule has 0 unspecified atom stereocenters. The van der Waals surface area contributed by atoms with Crippen LogP contribution in [0.2, 0.25) is 0 Å². The van der Waals surface area contributed by atoms with Crippen molar-refractivity contribution in [1.82, 2.24) is 0 Å². The van der Waals surface area contributed by atoms with Crippen LogP contribution in [0.15, 0.2) is 27.8 Å². The van der Waals surface area contributed by atoms with Gasteiger partial charge in [-0.15, -0.1) is 0 Å². The van der Waals surface area contributed by atoms with E-state index >= 15 is 0 Å². The Morgan fingerprint density at radius 2 is 2.20 bits per heavy atom. The predicted molar refractivity (Wildman–Crippen MR) is 63.2 cm³/mol. The first-order valence-corrected chi connectivity index (χ1v) is 5.65. The summed E-state index contributed by atoms with van der Waals surface area (Å²) in [5.41, 5.74) is 7.85. The third-order valence-electron chi connectivity index (χ3n) is 3.05. The number of nitrogens with zero attached hydrogens (tertiary/aromatic N) is 1. The molecule has 0 bridgehead atoms. The number of halogens is 1. The number of hydrogen-bond donors (Lipinski definition) is 2. The van der Waals surface area contributed by atoms with E-state index in [4.69, 9.17) is 10.9 Å². The molecule has 1 aromatic carbocycles. The molecule has 0 amide bonds. The molecule has 1 saturated carbocycles. The summed E-state index contributed by atoms with van der Waals surface area (Å²) in [6.07, 6.45) is 1.90. The van der Waals surface area contributed by atoms with Crippen molar-refractivity contribution < 1.29 is 5.21 Å². The second-order valence-corrected chi connectivity index (χ2v) is 4.85.